The molecule has 6 nitrogen and oxygen atoms in total. The minimum atomic E-state index is -0.229. The summed E-state index contributed by atoms with van der Waals surface area (Å²) in [6, 6.07) is 3.83. The Balaban J connectivity index is 0.00000147. The summed E-state index contributed by atoms with van der Waals surface area (Å²) in [6.45, 7) is 4.67. The molecule has 0 aromatic carbocycles. The lowest BCUT2D eigenvalue weighted by Crippen LogP contribution is -3.00. The van der Waals surface area contributed by atoms with Crippen molar-refractivity contribution in [2.24, 2.45) is 0 Å². The van der Waals surface area contributed by atoms with Crippen LogP contribution in [0.1, 0.15) is 12.6 Å². The average molecular weight is 292 g/mol. The molecule has 0 saturated carbocycles. The third-order valence-corrected chi connectivity index (χ3v) is 3.14. The predicted octanol–water partition coefficient (Wildman–Crippen LogP) is -2.33. The molecule has 3 aromatic heterocycles. The maximum absolute atomic E-state index is 12.0. The molecule has 0 fully saturated rings. The molecule has 0 bridgehead atoms. The lowest BCUT2D eigenvalue weighted by Gasteiger charge is -2.04. The molecule has 0 amide bonds. The van der Waals surface area contributed by atoms with Crippen molar-refractivity contribution in [3.05, 3.63) is 34.4 Å². The van der Waals surface area contributed by atoms with E-state index in [0.717, 1.165) is 23.3 Å². The Morgan fingerprint density at radius 2 is 2.05 bits per heavy atom. The summed E-state index contributed by atoms with van der Waals surface area (Å²) in [5.41, 5.74) is 7.72. The Labute approximate surface area is 121 Å². The molecule has 104 valence electrons. The topological polar surface area (TPSA) is 88.5 Å². The van der Waals surface area contributed by atoms with Gasteiger partial charge in [0.2, 0.25) is 5.95 Å². The van der Waals surface area contributed by atoms with E-state index in [0.29, 0.717) is 10.9 Å². The first kappa shape index (κ1) is 14.2. The SMILES string of the molecule is CC[n+]1cc2c(=O)[nH]c(N)nc2c2ccc(C)nc21.[Cl-]. The van der Waals surface area contributed by atoms with Crippen molar-refractivity contribution in [1.29, 1.82) is 0 Å². The standard InChI is InChI=1S/C13H13N5O.ClH/c1-3-18-6-9-10(16-13(14)17-12(9)19)8-5-4-7(2)15-11(8)18;/h4-6H,3H2,1-2H3,(H2,14,17,19);1H. The van der Waals surface area contributed by atoms with Gasteiger partial charge in [-0.3, -0.25) is 9.78 Å². The summed E-state index contributed by atoms with van der Waals surface area (Å²) >= 11 is 0. The summed E-state index contributed by atoms with van der Waals surface area (Å²) in [7, 11) is 0. The van der Waals surface area contributed by atoms with Gasteiger partial charge in [-0.15, -0.1) is 0 Å². The smallest absolute Gasteiger partial charge is 0.332 e. The van der Waals surface area contributed by atoms with Gasteiger partial charge < -0.3 is 18.1 Å². The molecule has 3 heterocycles. The van der Waals surface area contributed by atoms with E-state index in [-0.39, 0.29) is 23.9 Å². The summed E-state index contributed by atoms with van der Waals surface area (Å²) in [5.74, 6) is 0.119. The van der Waals surface area contributed by atoms with E-state index < -0.39 is 0 Å². The van der Waals surface area contributed by atoms with Gasteiger partial charge in [0.05, 0.1) is 17.4 Å². The van der Waals surface area contributed by atoms with Crippen LogP contribution in [0.15, 0.2) is 23.1 Å². The number of anilines is 1. The molecule has 3 rings (SSSR count). The van der Waals surface area contributed by atoms with Crippen molar-refractivity contribution in [3.8, 4) is 0 Å². The van der Waals surface area contributed by atoms with Crippen molar-refractivity contribution in [2.75, 3.05) is 5.73 Å². The van der Waals surface area contributed by atoms with Crippen LogP contribution in [0.4, 0.5) is 5.95 Å². The van der Waals surface area contributed by atoms with Crippen LogP contribution < -0.4 is 28.3 Å². The molecule has 7 heteroatoms. The van der Waals surface area contributed by atoms with Crippen molar-refractivity contribution < 1.29 is 17.0 Å². The Morgan fingerprint density at radius 3 is 2.75 bits per heavy atom. The van der Waals surface area contributed by atoms with E-state index in [2.05, 4.69) is 15.0 Å². The number of nitrogens with one attached hydrogen (secondary N) is 1. The highest BCUT2D eigenvalue weighted by atomic mass is 35.5. The van der Waals surface area contributed by atoms with E-state index in [4.69, 9.17) is 5.73 Å². The third-order valence-electron chi connectivity index (χ3n) is 3.14. The maximum atomic E-state index is 12.0. The predicted molar refractivity (Wildman–Crippen MR) is 72.7 cm³/mol. The van der Waals surface area contributed by atoms with Crippen LogP contribution in [0, 0.1) is 6.92 Å². The first-order chi connectivity index (χ1) is 9.10. The summed E-state index contributed by atoms with van der Waals surface area (Å²) in [6.07, 6.45) is 1.77. The van der Waals surface area contributed by atoms with Gasteiger partial charge in [0.25, 0.3) is 5.56 Å². The zero-order valence-electron chi connectivity index (χ0n) is 11.1. The maximum Gasteiger partial charge on any atom is 0.332 e. The van der Waals surface area contributed by atoms with Gasteiger partial charge in [-0.05, 0) is 24.0 Å². The van der Waals surface area contributed by atoms with Gasteiger partial charge in [-0.25, -0.2) is 9.55 Å². The average Bonchev–Trinajstić information content (AvgIpc) is 2.37. The lowest BCUT2D eigenvalue weighted by atomic mass is 10.2. The Kier molecular flexibility index (Phi) is 3.59. The van der Waals surface area contributed by atoms with Gasteiger partial charge in [0.15, 0.2) is 0 Å². The second-order valence-electron chi connectivity index (χ2n) is 4.45. The number of aromatic amines is 1. The zero-order chi connectivity index (χ0) is 13.6. The number of fused-ring (bicyclic) bond motifs is 3. The highest BCUT2D eigenvalue weighted by molar-refractivity contribution is 5.99. The number of halogens is 1. The molecule has 0 unspecified atom stereocenters. The van der Waals surface area contributed by atoms with Gasteiger partial charge in [0, 0.05) is 6.92 Å². The van der Waals surface area contributed by atoms with E-state index in [9.17, 15) is 4.79 Å². The van der Waals surface area contributed by atoms with E-state index >= 15 is 0 Å². The number of aromatic nitrogens is 4. The number of aryl methyl sites for hydroxylation is 2. The Bertz CT molecular complexity index is 859. The van der Waals surface area contributed by atoms with Crippen LogP contribution in [-0.2, 0) is 6.54 Å². The van der Waals surface area contributed by atoms with Crippen LogP contribution in [0.3, 0.4) is 0 Å². The van der Waals surface area contributed by atoms with Gasteiger partial charge in [0.1, 0.15) is 17.3 Å². The number of pyridine rings is 2. The highest BCUT2D eigenvalue weighted by Crippen LogP contribution is 2.17. The van der Waals surface area contributed by atoms with E-state index in [1.54, 1.807) is 6.20 Å². The van der Waals surface area contributed by atoms with Crippen molar-refractivity contribution in [3.63, 3.8) is 0 Å². The quantitative estimate of drug-likeness (QED) is 0.389. The molecule has 0 aliphatic rings. The first-order valence-electron chi connectivity index (χ1n) is 6.09. The second kappa shape index (κ2) is 5.05. The number of H-pyrrole nitrogens is 1. The number of hydrogen-bond acceptors (Lipinski definition) is 4. The van der Waals surface area contributed by atoms with Gasteiger partial charge >= 0.3 is 5.65 Å². The van der Waals surface area contributed by atoms with Crippen molar-refractivity contribution in [1.82, 2.24) is 15.0 Å². The summed E-state index contributed by atoms with van der Waals surface area (Å²) < 4.78 is 1.94. The van der Waals surface area contributed by atoms with E-state index in [1.807, 2.05) is 30.5 Å². The minimum Gasteiger partial charge on any atom is -1.00 e. The molecular formula is C13H14ClN5O. The molecular weight excluding hydrogens is 278 g/mol. The minimum absolute atomic E-state index is 0. The molecule has 0 radical (unpaired) electrons. The lowest BCUT2D eigenvalue weighted by molar-refractivity contribution is -0.668. The fraction of sp³-hybridized carbons (Fsp3) is 0.231. The fourth-order valence-electron chi connectivity index (χ4n) is 2.23. The van der Waals surface area contributed by atoms with Crippen molar-refractivity contribution >= 4 is 27.9 Å². The van der Waals surface area contributed by atoms with Gasteiger partial charge in [-0.1, -0.05) is 0 Å². The zero-order valence-corrected chi connectivity index (χ0v) is 11.9. The number of hydrogen-bond donors (Lipinski definition) is 2. The molecule has 3 N–H and O–H groups in total. The number of nitrogens with two attached hydrogens (primary N) is 1. The van der Waals surface area contributed by atoms with Gasteiger partial charge in [-0.2, -0.15) is 0 Å². The molecule has 0 spiro atoms. The van der Waals surface area contributed by atoms with Crippen LogP contribution in [-0.4, -0.2) is 15.0 Å². The molecule has 3 aromatic rings. The highest BCUT2D eigenvalue weighted by Gasteiger charge is 2.17. The molecule has 0 aliphatic heterocycles. The summed E-state index contributed by atoms with van der Waals surface area (Å²) in [4.78, 5) is 23.3. The third kappa shape index (κ3) is 2.08. The van der Waals surface area contributed by atoms with E-state index in [1.165, 1.54) is 0 Å². The second-order valence-corrected chi connectivity index (χ2v) is 4.45. The Hall–Kier alpha value is -2.21. The summed E-state index contributed by atoms with van der Waals surface area (Å²) in [5, 5.41) is 1.36. The van der Waals surface area contributed by atoms with Crippen molar-refractivity contribution in [2.45, 2.75) is 20.4 Å². The molecule has 0 aliphatic carbocycles. The number of rotatable bonds is 1. The number of nitrogens with zero attached hydrogens (tertiary/aromatic N) is 3. The van der Waals surface area contributed by atoms with Crippen LogP contribution >= 0.6 is 0 Å². The molecule has 0 saturated heterocycles. The number of nitrogen functional groups attached to an aromatic ring is 1. The van der Waals surface area contributed by atoms with Crippen LogP contribution in [0.5, 0.6) is 0 Å². The largest absolute Gasteiger partial charge is 1.00 e. The normalized spacial score (nSPS) is 10.7. The monoisotopic (exact) mass is 291 g/mol. The molecule has 20 heavy (non-hydrogen) atoms. The fourth-order valence-corrected chi connectivity index (χ4v) is 2.23. The van der Waals surface area contributed by atoms with Crippen LogP contribution in [0.2, 0.25) is 0 Å². The Morgan fingerprint density at radius 1 is 1.30 bits per heavy atom. The van der Waals surface area contributed by atoms with Crippen LogP contribution in [0.25, 0.3) is 21.9 Å². The molecule has 0 atom stereocenters. The first-order valence-corrected chi connectivity index (χ1v) is 6.09.